The van der Waals surface area contributed by atoms with Crippen LogP contribution in [0.2, 0.25) is 0 Å². The van der Waals surface area contributed by atoms with Crippen LogP contribution in [0.15, 0.2) is 18.2 Å². The third-order valence-electron chi connectivity index (χ3n) is 3.71. The molecule has 1 saturated heterocycles. The lowest BCUT2D eigenvalue weighted by molar-refractivity contribution is -0.387. The lowest BCUT2D eigenvalue weighted by Gasteiger charge is -2.25. The smallest absolute Gasteiger partial charge is 0.304 e. The zero-order chi connectivity index (χ0) is 14.7. The van der Waals surface area contributed by atoms with Crippen molar-refractivity contribution in [3.63, 3.8) is 0 Å². The van der Waals surface area contributed by atoms with Crippen molar-refractivity contribution in [1.82, 2.24) is 4.90 Å². The van der Waals surface area contributed by atoms with Gasteiger partial charge in [0.15, 0.2) is 0 Å². The number of benzene rings is 1. The molecule has 1 aliphatic rings. The second-order valence-electron chi connectivity index (χ2n) is 5.39. The summed E-state index contributed by atoms with van der Waals surface area (Å²) in [6.45, 7) is 3.24. The number of nitrogens with zero attached hydrogens (tertiary/aromatic N) is 2. The molecule has 0 radical (unpaired) electrons. The van der Waals surface area contributed by atoms with Gasteiger partial charge in [-0.3, -0.25) is 15.0 Å². The highest BCUT2D eigenvalue weighted by molar-refractivity contribution is 5.35. The quantitative estimate of drug-likeness (QED) is 0.665. The predicted molar refractivity (Wildman–Crippen MR) is 72.8 cm³/mol. The Morgan fingerprint density at radius 1 is 1.60 bits per heavy atom. The van der Waals surface area contributed by atoms with Crippen molar-refractivity contribution in [3.05, 3.63) is 39.7 Å². The number of hydrogen-bond donors (Lipinski definition) is 1. The Hall–Kier alpha value is -1.53. The maximum Gasteiger partial charge on any atom is 0.304 e. The predicted octanol–water partition coefficient (Wildman–Crippen LogP) is 2.47. The summed E-state index contributed by atoms with van der Waals surface area (Å²) >= 11 is 0. The Balaban J connectivity index is 2.06. The minimum Gasteiger partial charge on any atom is -0.393 e. The molecular formula is C14H19FN2O3. The number of likely N-dealkylation sites (tertiary alicyclic amines) is 1. The zero-order valence-corrected chi connectivity index (χ0v) is 11.5. The summed E-state index contributed by atoms with van der Waals surface area (Å²) in [4.78, 5) is 12.1. The normalized spacial score (nSPS) is 21.1. The van der Waals surface area contributed by atoms with E-state index in [1.807, 2.05) is 0 Å². The summed E-state index contributed by atoms with van der Waals surface area (Å²) in [6.07, 6.45) is 2.44. The molecule has 0 amide bonds. The van der Waals surface area contributed by atoms with Crippen LogP contribution in [-0.4, -0.2) is 33.6 Å². The van der Waals surface area contributed by atoms with E-state index in [4.69, 9.17) is 0 Å². The summed E-state index contributed by atoms with van der Waals surface area (Å²) in [5, 5.41) is 20.1. The summed E-state index contributed by atoms with van der Waals surface area (Å²) in [6, 6.07) is 4.34. The molecule has 1 aromatic rings. The first-order valence-electron chi connectivity index (χ1n) is 6.82. The maximum atomic E-state index is 13.6. The van der Waals surface area contributed by atoms with Gasteiger partial charge >= 0.3 is 5.69 Å². The van der Waals surface area contributed by atoms with Gasteiger partial charge in [0, 0.05) is 18.7 Å². The molecule has 1 aromatic carbocycles. The van der Waals surface area contributed by atoms with E-state index in [1.54, 1.807) is 13.0 Å². The molecule has 0 aliphatic carbocycles. The SMILES string of the molecule is CC(O)CC1CCCN1Cc1ccc([N+](=O)[O-])c(F)c1. The highest BCUT2D eigenvalue weighted by atomic mass is 19.1. The van der Waals surface area contributed by atoms with Crippen LogP contribution < -0.4 is 0 Å². The lowest BCUT2D eigenvalue weighted by atomic mass is 10.1. The fourth-order valence-corrected chi connectivity index (χ4v) is 2.80. The first-order chi connectivity index (χ1) is 9.47. The first kappa shape index (κ1) is 14.9. The van der Waals surface area contributed by atoms with E-state index in [2.05, 4.69) is 4.90 Å². The minimum absolute atomic E-state index is 0.299. The van der Waals surface area contributed by atoms with Gasteiger partial charge in [0.05, 0.1) is 11.0 Å². The minimum atomic E-state index is -0.793. The number of nitro benzene ring substituents is 1. The van der Waals surface area contributed by atoms with Crippen LogP contribution in [0.5, 0.6) is 0 Å². The van der Waals surface area contributed by atoms with E-state index >= 15 is 0 Å². The van der Waals surface area contributed by atoms with Gasteiger partial charge in [-0.05, 0) is 44.4 Å². The van der Waals surface area contributed by atoms with E-state index in [9.17, 15) is 19.6 Å². The van der Waals surface area contributed by atoms with Gasteiger partial charge in [0.25, 0.3) is 0 Å². The van der Waals surface area contributed by atoms with Crippen LogP contribution in [0.3, 0.4) is 0 Å². The second kappa shape index (κ2) is 6.28. The van der Waals surface area contributed by atoms with Crippen LogP contribution in [0, 0.1) is 15.9 Å². The molecule has 6 heteroatoms. The summed E-state index contributed by atoms with van der Waals surface area (Å²) in [5.74, 6) is -0.793. The molecular weight excluding hydrogens is 263 g/mol. The Morgan fingerprint density at radius 2 is 2.35 bits per heavy atom. The molecule has 0 spiro atoms. The van der Waals surface area contributed by atoms with Crippen molar-refractivity contribution in [2.24, 2.45) is 0 Å². The van der Waals surface area contributed by atoms with Crippen LogP contribution in [0.1, 0.15) is 31.7 Å². The average molecular weight is 282 g/mol. The van der Waals surface area contributed by atoms with Gasteiger partial charge in [-0.15, -0.1) is 0 Å². The molecule has 1 fully saturated rings. The first-order valence-corrected chi connectivity index (χ1v) is 6.82. The average Bonchev–Trinajstić information content (AvgIpc) is 2.75. The zero-order valence-electron chi connectivity index (χ0n) is 11.5. The molecule has 0 aromatic heterocycles. The molecule has 2 atom stereocenters. The fourth-order valence-electron chi connectivity index (χ4n) is 2.80. The number of nitro groups is 1. The molecule has 0 saturated carbocycles. The van der Waals surface area contributed by atoms with Crippen LogP contribution in [0.25, 0.3) is 0 Å². The molecule has 2 unspecified atom stereocenters. The summed E-state index contributed by atoms with van der Waals surface area (Å²) in [5.41, 5.74) is 0.237. The lowest BCUT2D eigenvalue weighted by Crippen LogP contribution is -2.31. The fraction of sp³-hybridized carbons (Fsp3) is 0.571. The van der Waals surface area contributed by atoms with Crippen molar-refractivity contribution in [1.29, 1.82) is 0 Å². The van der Waals surface area contributed by atoms with Gasteiger partial charge in [-0.25, -0.2) is 0 Å². The Kier molecular flexibility index (Phi) is 4.67. The summed E-state index contributed by atoms with van der Waals surface area (Å²) in [7, 11) is 0. The Morgan fingerprint density at radius 3 is 2.95 bits per heavy atom. The van der Waals surface area contributed by atoms with E-state index in [-0.39, 0.29) is 6.10 Å². The van der Waals surface area contributed by atoms with Gasteiger partial charge < -0.3 is 5.11 Å². The monoisotopic (exact) mass is 282 g/mol. The second-order valence-corrected chi connectivity index (χ2v) is 5.39. The number of aliphatic hydroxyl groups is 1. The van der Waals surface area contributed by atoms with Crippen molar-refractivity contribution in [2.45, 2.75) is 44.9 Å². The van der Waals surface area contributed by atoms with Crippen molar-refractivity contribution in [2.75, 3.05) is 6.54 Å². The third-order valence-corrected chi connectivity index (χ3v) is 3.71. The molecule has 5 nitrogen and oxygen atoms in total. The van der Waals surface area contributed by atoms with Crippen LogP contribution >= 0.6 is 0 Å². The summed E-state index contributed by atoms with van der Waals surface area (Å²) < 4.78 is 13.6. The van der Waals surface area contributed by atoms with E-state index in [0.29, 0.717) is 19.0 Å². The van der Waals surface area contributed by atoms with Crippen molar-refractivity contribution >= 4 is 5.69 Å². The largest absolute Gasteiger partial charge is 0.393 e. The highest BCUT2D eigenvalue weighted by Gasteiger charge is 2.26. The topological polar surface area (TPSA) is 66.6 Å². The highest BCUT2D eigenvalue weighted by Crippen LogP contribution is 2.25. The number of hydrogen-bond acceptors (Lipinski definition) is 4. The molecule has 20 heavy (non-hydrogen) atoms. The Labute approximate surface area is 117 Å². The third kappa shape index (κ3) is 3.52. The van der Waals surface area contributed by atoms with Gasteiger partial charge in [0.2, 0.25) is 5.82 Å². The maximum absolute atomic E-state index is 13.6. The van der Waals surface area contributed by atoms with Gasteiger partial charge in [0.1, 0.15) is 0 Å². The number of aliphatic hydroxyl groups excluding tert-OH is 1. The molecule has 1 aliphatic heterocycles. The molecule has 2 rings (SSSR count). The number of rotatable bonds is 5. The van der Waals surface area contributed by atoms with Gasteiger partial charge in [-0.2, -0.15) is 4.39 Å². The van der Waals surface area contributed by atoms with Gasteiger partial charge in [-0.1, -0.05) is 6.07 Å². The Bertz CT molecular complexity index is 493. The molecule has 1 heterocycles. The standard InChI is InChI=1S/C14H19FN2O3/c1-10(18)7-12-3-2-6-16(12)9-11-4-5-14(17(19)20)13(15)8-11/h4-5,8,10,12,18H,2-3,6-7,9H2,1H3. The van der Waals surface area contributed by atoms with Crippen molar-refractivity contribution < 1.29 is 14.4 Å². The molecule has 1 N–H and O–H groups in total. The van der Waals surface area contributed by atoms with Crippen molar-refractivity contribution in [3.8, 4) is 0 Å². The molecule has 0 bridgehead atoms. The van der Waals surface area contributed by atoms with Crippen LogP contribution in [0.4, 0.5) is 10.1 Å². The van der Waals surface area contributed by atoms with E-state index < -0.39 is 16.4 Å². The van der Waals surface area contributed by atoms with Crippen LogP contribution in [-0.2, 0) is 6.54 Å². The molecule has 110 valence electrons. The van der Waals surface area contributed by atoms with E-state index in [1.165, 1.54) is 12.1 Å². The van der Waals surface area contributed by atoms with E-state index in [0.717, 1.165) is 24.9 Å². The number of halogens is 1.